The number of halogens is 2. The predicted octanol–water partition coefficient (Wildman–Crippen LogP) is 5.54. The molecule has 0 unspecified atom stereocenters. The summed E-state index contributed by atoms with van der Waals surface area (Å²) in [6.07, 6.45) is 0. The van der Waals surface area contributed by atoms with Crippen LogP contribution in [0, 0.1) is 0 Å². The number of hydrogen-bond donors (Lipinski definition) is 2. The Morgan fingerprint density at radius 1 is 1.12 bits per heavy atom. The molecule has 0 spiro atoms. The molecule has 0 saturated carbocycles. The van der Waals surface area contributed by atoms with E-state index in [9.17, 15) is 0 Å². The molecule has 0 atom stereocenters. The van der Waals surface area contributed by atoms with Gasteiger partial charge in [-0.15, -0.1) is 11.3 Å². The second-order valence-electron chi connectivity index (χ2n) is 5.10. The minimum Gasteiger partial charge on any atom is -0.399 e. The first kappa shape index (κ1) is 16.8. The van der Waals surface area contributed by atoms with Gasteiger partial charge in [0.2, 0.25) is 5.13 Å². The van der Waals surface area contributed by atoms with Gasteiger partial charge in [0.05, 0.1) is 21.5 Å². The highest BCUT2D eigenvalue weighted by atomic mass is 35.5. The fourth-order valence-electron chi connectivity index (χ4n) is 2.03. The molecule has 1 heterocycles. The van der Waals surface area contributed by atoms with Gasteiger partial charge in [0, 0.05) is 16.6 Å². The number of anilines is 2. The van der Waals surface area contributed by atoms with E-state index < -0.39 is 0 Å². The highest BCUT2D eigenvalue weighted by Gasteiger charge is 2.07. The normalized spacial score (nSPS) is 11.5. The summed E-state index contributed by atoms with van der Waals surface area (Å²) in [5.74, 6) is 0. The molecule has 3 N–H and O–H groups in total. The standard InChI is InChI=1S/C17H14Cl2N4S/c1-10(11-2-5-13(20)6-3-11)22-23-17-21-16(9-24-17)12-4-7-14(18)15(19)8-12/h2-9H,20H2,1H3,(H,21,23). The molecule has 0 saturated heterocycles. The maximum Gasteiger partial charge on any atom is 0.203 e. The van der Waals surface area contributed by atoms with Crippen molar-refractivity contribution < 1.29 is 0 Å². The van der Waals surface area contributed by atoms with E-state index in [2.05, 4.69) is 15.5 Å². The van der Waals surface area contributed by atoms with Crippen LogP contribution in [-0.2, 0) is 0 Å². The monoisotopic (exact) mass is 376 g/mol. The van der Waals surface area contributed by atoms with E-state index in [-0.39, 0.29) is 0 Å². The van der Waals surface area contributed by atoms with Crippen molar-refractivity contribution in [2.45, 2.75) is 6.92 Å². The lowest BCUT2D eigenvalue weighted by atomic mass is 10.1. The average Bonchev–Trinajstić information content (AvgIpc) is 3.05. The van der Waals surface area contributed by atoms with E-state index in [1.54, 1.807) is 12.1 Å². The van der Waals surface area contributed by atoms with Crippen molar-refractivity contribution in [2.75, 3.05) is 11.2 Å². The maximum absolute atomic E-state index is 6.05. The summed E-state index contributed by atoms with van der Waals surface area (Å²) in [6.45, 7) is 1.92. The third-order valence-electron chi connectivity index (χ3n) is 3.37. The van der Waals surface area contributed by atoms with Crippen LogP contribution in [0.4, 0.5) is 10.8 Å². The van der Waals surface area contributed by atoms with Gasteiger partial charge < -0.3 is 5.73 Å². The van der Waals surface area contributed by atoms with Gasteiger partial charge >= 0.3 is 0 Å². The van der Waals surface area contributed by atoms with Crippen LogP contribution < -0.4 is 11.2 Å². The number of rotatable bonds is 4. The highest BCUT2D eigenvalue weighted by Crippen LogP contribution is 2.30. The second kappa shape index (κ2) is 7.21. The Hall–Kier alpha value is -2.08. The van der Waals surface area contributed by atoms with Crippen molar-refractivity contribution in [3.05, 3.63) is 63.5 Å². The summed E-state index contributed by atoms with van der Waals surface area (Å²) >= 11 is 13.5. The molecule has 0 fully saturated rings. The highest BCUT2D eigenvalue weighted by molar-refractivity contribution is 7.14. The molecule has 0 aliphatic heterocycles. The number of hydrogen-bond acceptors (Lipinski definition) is 5. The van der Waals surface area contributed by atoms with Crippen molar-refractivity contribution in [3.8, 4) is 11.3 Å². The van der Waals surface area contributed by atoms with Gasteiger partial charge in [0.15, 0.2) is 0 Å². The van der Waals surface area contributed by atoms with Gasteiger partial charge in [-0.1, -0.05) is 41.4 Å². The SMILES string of the molecule is CC(=NNc1nc(-c2ccc(Cl)c(Cl)c2)cs1)c1ccc(N)cc1. The zero-order valence-corrected chi connectivity index (χ0v) is 15.1. The Bertz CT molecular complexity index is 888. The molecule has 0 bridgehead atoms. The van der Waals surface area contributed by atoms with E-state index in [0.29, 0.717) is 15.2 Å². The molecule has 4 nitrogen and oxygen atoms in total. The molecule has 0 aliphatic rings. The first-order valence-corrected chi connectivity index (χ1v) is 8.73. The molecule has 0 aliphatic carbocycles. The lowest BCUT2D eigenvalue weighted by molar-refractivity contribution is 1.27. The smallest absolute Gasteiger partial charge is 0.203 e. The molecule has 7 heteroatoms. The first-order chi connectivity index (χ1) is 11.5. The minimum absolute atomic E-state index is 0.508. The van der Waals surface area contributed by atoms with Crippen LogP contribution in [0.1, 0.15) is 12.5 Å². The van der Waals surface area contributed by atoms with E-state index >= 15 is 0 Å². The van der Waals surface area contributed by atoms with Gasteiger partial charge in [-0.05, 0) is 36.8 Å². The Morgan fingerprint density at radius 2 is 1.88 bits per heavy atom. The molecular weight excluding hydrogens is 363 g/mol. The van der Waals surface area contributed by atoms with Crippen molar-refractivity contribution in [3.63, 3.8) is 0 Å². The van der Waals surface area contributed by atoms with E-state index in [0.717, 1.165) is 28.2 Å². The van der Waals surface area contributed by atoms with Crippen LogP contribution in [0.3, 0.4) is 0 Å². The van der Waals surface area contributed by atoms with E-state index in [1.807, 2.05) is 42.6 Å². The fourth-order valence-corrected chi connectivity index (χ4v) is 2.99. The Labute approximate surface area is 153 Å². The summed E-state index contributed by atoms with van der Waals surface area (Å²) in [7, 11) is 0. The van der Waals surface area contributed by atoms with Gasteiger partial charge in [-0.2, -0.15) is 5.10 Å². The summed E-state index contributed by atoms with van der Waals surface area (Å²) in [6, 6.07) is 13.0. The lowest BCUT2D eigenvalue weighted by Crippen LogP contribution is -1.99. The number of nitrogens with zero attached hydrogens (tertiary/aromatic N) is 2. The van der Waals surface area contributed by atoms with Crippen LogP contribution in [-0.4, -0.2) is 10.7 Å². The number of nitrogens with two attached hydrogens (primary N) is 1. The van der Waals surface area contributed by atoms with Crippen LogP contribution in [0.25, 0.3) is 11.3 Å². The maximum atomic E-state index is 6.05. The topological polar surface area (TPSA) is 63.3 Å². The predicted molar refractivity (Wildman–Crippen MR) is 104 cm³/mol. The molecule has 122 valence electrons. The summed E-state index contributed by atoms with van der Waals surface area (Å²) in [4.78, 5) is 4.51. The van der Waals surface area contributed by atoms with Crippen LogP contribution in [0.15, 0.2) is 52.9 Å². The average molecular weight is 377 g/mol. The zero-order chi connectivity index (χ0) is 17.1. The van der Waals surface area contributed by atoms with Crippen LogP contribution >= 0.6 is 34.5 Å². The van der Waals surface area contributed by atoms with Crippen molar-refractivity contribution >= 4 is 51.1 Å². The number of nitrogens with one attached hydrogen (secondary N) is 1. The number of nitrogen functional groups attached to an aromatic ring is 1. The molecule has 2 aromatic carbocycles. The summed E-state index contributed by atoms with van der Waals surface area (Å²) in [5, 5.41) is 8.03. The first-order valence-electron chi connectivity index (χ1n) is 7.10. The van der Waals surface area contributed by atoms with Crippen LogP contribution in [0.2, 0.25) is 10.0 Å². The summed E-state index contributed by atoms with van der Waals surface area (Å²) in [5.41, 5.74) is 13.0. The Morgan fingerprint density at radius 3 is 2.58 bits per heavy atom. The number of benzene rings is 2. The van der Waals surface area contributed by atoms with Gasteiger partial charge in [-0.3, -0.25) is 5.43 Å². The van der Waals surface area contributed by atoms with Crippen molar-refractivity contribution in [2.24, 2.45) is 5.10 Å². The Balaban J connectivity index is 1.75. The molecule has 0 radical (unpaired) electrons. The minimum atomic E-state index is 0.508. The van der Waals surface area contributed by atoms with Crippen molar-refractivity contribution in [1.29, 1.82) is 0 Å². The molecular formula is C17H14Cl2N4S. The Kier molecular flexibility index (Phi) is 5.04. The third-order valence-corrected chi connectivity index (χ3v) is 4.85. The van der Waals surface area contributed by atoms with E-state index in [4.69, 9.17) is 28.9 Å². The van der Waals surface area contributed by atoms with E-state index in [1.165, 1.54) is 11.3 Å². The third kappa shape index (κ3) is 3.87. The summed E-state index contributed by atoms with van der Waals surface area (Å²) < 4.78 is 0. The molecule has 3 rings (SSSR count). The quantitative estimate of drug-likeness (QED) is 0.357. The van der Waals surface area contributed by atoms with Crippen LogP contribution in [0.5, 0.6) is 0 Å². The fraction of sp³-hybridized carbons (Fsp3) is 0.0588. The van der Waals surface area contributed by atoms with Crippen molar-refractivity contribution in [1.82, 2.24) is 4.98 Å². The van der Waals surface area contributed by atoms with Gasteiger partial charge in [-0.25, -0.2) is 4.98 Å². The number of hydrazone groups is 1. The van der Waals surface area contributed by atoms with Gasteiger partial charge in [0.25, 0.3) is 0 Å². The zero-order valence-electron chi connectivity index (χ0n) is 12.8. The molecule has 24 heavy (non-hydrogen) atoms. The lowest BCUT2D eigenvalue weighted by Gasteiger charge is -2.02. The molecule has 3 aromatic rings. The largest absolute Gasteiger partial charge is 0.399 e. The second-order valence-corrected chi connectivity index (χ2v) is 6.77. The number of thiazole rings is 1. The molecule has 1 aromatic heterocycles. The number of aromatic nitrogens is 1. The van der Waals surface area contributed by atoms with Gasteiger partial charge in [0.1, 0.15) is 0 Å². The molecule has 0 amide bonds.